The van der Waals surface area contributed by atoms with Gasteiger partial charge in [0.15, 0.2) is 0 Å². The molecule has 106 valence electrons. The number of anilines is 1. The third-order valence-corrected chi connectivity index (χ3v) is 5.03. The predicted octanol–water partition coefficient (Wildman–Crippen LogP) is 3.93. The van der Waals surface area contributed by atoms with Crippen LogP contribution in [0.2, 0.25) is 5.02 Å². The average molecular weight is 328 g/mol. The zero-order valence-electron chi connectivity index (χ0n) is 11.2. The Morgan fingerprint density at radius 3 is 1.95 bits per heavy atom. The van der Waals surface area contributed by atoms with Crippen molar-refractivity contribution in [2.45, 2.75) is 13.8 Å². The van der Waals surface area contributed by atoms with Crippen molar-refractivity contribution in [1.82, 2.24) is 0 Å². The molecule has 1 aromatic rings. The van der Waals surface area contributed by atoms with Crippen LogP contribution in [0.4, 0.5) is 5.69 Å². The molecule has 2 amide bonds. The minimum absolute atomic E-state index is 0.272. The molecule has 0 fully saturated rings. The van der Waals surface area contributed by atoms with E-state index in [9.17, 15) is 9.59 Å². The van der Waals surface area contributed by atoms with Gasteiger partial charge in [0.1, 0.15) is 0 Å². The summed E-state index contributed by atoms with van der Waals surface area (Å²) in [5.74, 6) is 0.952. The van der Waals surface area contributed by atoms with Crippen LogP contribution >= 0.6 is 35.1 Å². The SMILES string of the molecule is CCSC1=C(SCC)C(=O)N(c2ccccc2Cl)C1=O. The Labute approximate surface area is 131 Å². The van der Waals surface area contributed by atoms with E-state index in [0.717, 1.165) is 11.5 Å². The van der Waals surface area contributed by atoms with E-state index < -0.39 is 0 Å². The summed E-state index contributed by atoms with van der Waals surface area (Å²) in [6.45, 7) is 3.92. The Hall–Kier alpha value is -0.910. The average Bonchev–Trinajstić information content (AvgIpc) is 2.65. The van der Waals surface area contributed by atoms with Gasteiger partial charge >= 0.3 is 0 Å². The monoisotopic (exact) mass is 327 g/mol. The topological polar surface area (TPSA) is 37.4 Å². The molecule has 0 saturated carbocycles. The summed E-state index contributed by atoms with van der Waals surface area (Å²) in [5, 5.41) is 0.401. The maximum atomic E-state index is 12.5. The first-order valence-corrected chi connectivity index (χ1v) is 8.59. The van der Waals surface area contributed by atoms with Crippen LogP contribution in [-0.4, -0.2) is 23.3 Å². The van der Waals surface area contributed by atoms with Gasteiger partial charge in [-0.3, -0.25) is 9.59 Å². The van der Waals surface area contributed by atoms with Gasteiger partial charge in [-0.05, 0) is 23.6 Å². The second kappa shape index (κ2) is 6.70. The first-order chi connectivity index (χ1) is 9.61. The minimum atomic E-state index is -0.272. The molecule has 1 aliphatic rings. The maximum absolute atomic E-state index is 12.5. The summed E-state index contributed by atoms with van der Waals surface area (Å²) in [7, 11) is 0. The van der Waals surface area contributed by atoms with Crippen LogP contribution in [0.1, 0.15) is 13.8 Å². The van der Waals surface area contributed by atoms with Gasteiger partial charge in [-0.1, -0.05) is 37.6 Å². The van der Waals surface area contributed by atoms with E-state index in [1.54, 1.807) is 24.3 Å². The van der Waals surface area contributed by atoms with Crippen molar-refractivity contribution in [3.63, 3.8) is 0 Å². The van der Waals surface area contributed by atoms with Crippen molar-refractivity contribution in [3.05, 3.63) is 39.1 Å². The zero-order valence-corrected chi connectivity index (χ0v) is 13.6. The van der Waals surface area contributed by atoms with E-state index in [-0.39, 0.29) is 11.8 Å². The number of para-hydroxylation sites is 1. The van der Waals surface area contributed by atoms with E-state index in [1.807, 2.05) is 13.8 Å². The molecule has 0 aliphatic carbocycles. The lowest BCUT2D eigenvalue weighted by molar-refractivity contribution is -0.120. The number of amides is 2. The van der Waals surface area contributed by atoms with Crippen molar-refractivity contribution in [3.8, 4) is 0 Å². The molecular formula is C14H14ClNO2S2. The molecule has 3 nitrogen and oxygen atoms in total. The van der Waals surface area contributed by atoms with Crippen LogP contribution in [0.3, 0.4) is 0 Å². The Kier molecular flexibility index (Phi) is 5.18. The fourth-order valence-corrected chi connectivity index (χ4v) is 3.90. The number of halogens is 1. The number of thioether (sulfide) groups is 2. The lowest BCUT2D eigenvalue weighted by atomic mass is 10.3. The highest BCUT2D eigenvalue weighted by Crippen LogP contribution is 2.40. The minimum Gasteiger partial charge on any atom is -0.268 e. The summed E-state index contributed by atoms with van der Waals surface area (Å²) in [5.41, 5.74) is 0.449. The molecule has 1 aromatic carbocycles. The standard InChI is InChI=1S/C14H14ClNO2S2/c1-3-19-11-12(20-4-2)14(18)16(13(11)17)10-8-6-5-7-9(10)15/h5-8H,3-4H2,1-2H3. The maximum Gasteiger partial charge on any atom is 0.273 e. The van der Waals surface area contributed by atoms with Crippen LogP contribution in [0.15, 0.2) is 34.1 Å². The molecule has 2 rings (SSSR count). The first-order valence-electron chi connectivity index (χ1n) is 6.25. The molecule has 0 radical (unpaired) electrons. The predicted molar refractivity (Wildman–Crippen MR) is 87.2 cm³/mol. The zero-order chi connectivity index (χ0) is 14.7. The number of rotatable bonds is 5. The van der Waals surface area contributed by atoms with Crippen LogP contribution in [0.5, 0.6) is 0 Å². The summed E-state index contributed by atoms with van der Waals surface area (Å²) in [4.78, 5) is 27.2. The second-order valence-electron chi connectivity index (χ2n) is 3.92. The van der Waals surface area contributed by atoms with Gasteiger partial charge in [0.25, 0.3) is 11.8 Å². The van der Waals surface area contributed by atoms with E-state index in [2.05, 4.69) is 0 Å². The summed E-state index contributed by atoms with van der Waals surface area (Å²) >= 11 is 8.92. The van der Waals surface area contributed by atoms with E-state index in [4.69, 9.17) is 11.6 Å². The van der Waals surface area contributed by atoms with Gasteiger partial charge in [-0.15, -0.1) is 23.5 Å². The third-order valence-electron chi connectivity index (χ3n) is 2.67. The highest BCUT2D eigenvalue weighted by molar-refractivity contribution is 8.08. The van der Waals surface area contributed by atoms with Crippen LogP contribution in [0, 0.1) is 0 Å². The van der Waals surface area contributed by atoms with Gasteiger partial charge in [-0.25, -0.2) is 4.90 Å². The molecule has 0 bridgehead atoms. The lowest BCUT2D eigenvalue weighted by Gasteiger charge is -2.16. The molecule has 6 heteroatoms. The normalized spacial score (nSPS) is 15.4. The molecule has 1 heterocycles. The van der Waals surface area contributed by atoms with Crippen molar-refractivity contribution in [2.75, 3.05) is 16.4 Å². The fraction of sp³-hybridized carbons (Fsp3) is 0.286. The second-order valence-corrected chi connectivity index (χ2v) is 6.88. The molecule has 20 heavy (non-hydrogen) atoms. The van der Waals surface area contributed by atoms with Crippen molar-refractivity contribution in [1.29, 1.82) is 0 Å². The Morgan fingerprint density at radius 2 is 1.50 bits per heavy atom. The molecule has 0 spiro atoms. The van der Waals surface area contributed by atoms with Crippen LogP contribution in [0.25, 0.3) is 0 Å². The third kappa shape index (κ3) is 2.75. The number of imide groups is 1. The quantitative estimate of drug-likeness (QED) is 0.768. The molecule has 0 aromatic heterocycles. The number of hydrogen-bond donors (Lipinski definition) is 0. The molecule has 0 atom stereocenters. The summed E-state index contributed by atoms with van der Waals surface area (Å²) in [6.07, 6.45) is 0. The highest BCUT2D eigenvalue weighted by atomic mass is 35.5. The number of nitrogens with zero attached hydrogens (tertiary/aromatic N) is 1. The number of benzene rings is 1. The van der Waals surface area contributed by atoms with Crippen LogP contribution in [-0.2, 0) is 9.59 Å². The van der Waals surface area contributed by atoms with Gasteiger partial charge in [0, 0.05) is 0 Å². The van der Waals surface area contributed by atoms with Gasteiger partial charge in [0.2, 0.25) is 0 Å². The first kappa shape index (κ1) is 15.5. The molecule has 0 N–H and O–H groups in total. The van der Waals surface area contributed by atoms with Gasteiger partial charge in [-0.2, -0.15) is 0 Å². The Balaban J connectivity index is 2.43. The fourth-order valence-electron chi connectivity index (χ4n) is 1.88. The number of carbonyl (C=O) groups is 2. The van der Waals surface area contributed by atoms with E-state index in [0.29, 0.717) is 20.5 Å². The Morgan fingerprint density at radius 1 is 1.00 bits per heavy atom. The number of carbonyl (C=O) groups excluding carboxylic acids is 2. The largest absolute Gasteiger partial charge is 0.273 e. The van der Waals surface area contributed by atoms with E-state index >= 15 is 0 Å². The van der Waals surface area contributed by atoms with Crippen molar-refractivity contribution >= 4 is 52.6 Å². The molecule has 0 saturated heterocycles. The lowest BCUT2D eigenvalue weighted by Crippen LogP contribution is -2.31. The van der Waals surface area contributed by atoms with Crippen molar-refractivity contribution in [2.24, 2.45) is 0 Å². The van der Waals surface area contributed by atoms with Gasteiger partial charge in [0.05, 0.1) is 20.5 Å². The van der Waals surface area contributed by atoms with Crippen LogP contribution < -0.4 is 4.90 Å². The van der Waals surface area contributed by atoms with E-state index in [1.165, 1.54) is 28.4 Å². The van der Waals surface area contributed by atoms with Crippen molar-refractivity contribution < 1.29 is 9.59 Å². The molecule has 1 aliphatic heterocycles. The smallest absolute Gasteiger partial charge is 0.268 e. The number of hydrogen-bond acceptors (Lipinski definition) is 4. The molecular weight excluding hydrogens is 314 g/mol. The molecule has 0 unspecified atom stereocenters. The van der Waals surface area contributed by atoms with Gasteiger partial charge < -0.3 is 0 Å². The highest BCUT2D eigenvalue weighted by Gasteiger charge is 2.40. The summed E-state index contributed by atoms with van der Waals surface area (Å²) < 4.78 is 0. The summed E-state index contributed by atoms with van der Waals surface area (Å²) in [6, 6.07) is 6.90. The Bertz CT molecular complexity index is 558.